The SMILES string of the molecule is CSc1ccc(C(=O)NCc2ccc3ccccc3c2)cc1[N+](=O)[O-]. The van der Waals surface area contributed by atoms with Gasteiger partial charge in [-0.05, 0) is 40.8 Å². The predicted octanol–water partition coefficient (Wildman–Crippen LogP) is 4.40. The number of thioether (sulfide) groups is 1. The molecule has 6 heteroatoms. The molecular weight excluding hydrogens is 336 g/mol. The highest BCUT2D eigenvalue weighted by atomic mass is 32.2. The minimum absolute atomic E-state index is 0.0501. The minimum atomic E-state index is -0.466. The highest BCUT2D eigenvalue weighted by molar-refractivity contribution is 7.98. The first kappa shape index (κ1) is 17.0. The van der Waals surface area contributed by atoms with Gasteiger partial charge < -0.3 is 5.32 Å². The van der Waals surface area contributed by atoms with Gasteiger partial charge in [-0.25, -0.2) is 0 Å². The molecule has 0 unspecified atom stereocenters. The molecule has 0 atom stereocenters. The number of carbonyl (C=O) groups is 1. The van der Waals surface area contributed by atoms with E-state index in [0.29, 0.717) is 11.4 Å². The fourth-order valence-corrected chi connectivity index (χ4v) is 3.15. The maximum Gasteiger partial charge on any atom is 0.283 e. The van der Waals surface area contributed by atoms with Crippen LogP contribution in [0.25, 0.3) is 10.8 Å². The number of nitrogens with one attached hydrogen (secondary N) is 1. The number of benzene rings is 3. The first-order valence-corrected chi connectivity index (χ1v) is 8.89. The largest absolute Gasteiger partial charge is 0.348 e. The van der Waals surface area contributed by atoms with Gasteiger partial charge in [0.15, 0.2) is 0 Å². The van der Waals surface area contributed by atoms with Crippen molar-refractivity contribution in [1.82, 2.24) is 5.32 Å². The second-order valence-corrected chi connectivity index (χ2v) is 6.36. The smallest absolute Gasteiger partial charge is 0.283 e. The number of nitro groups is 1. The van der Waals surface area contributed by atoms with Crippen LogP contribution >= 0.6 is 11.8 Å². The van der Waals surface area contributed by atoms with Gasteiger partial charge in [0, 0.05) is 18.2 Å². The van der Waals surface area contributed by atoms with Crippen molar-refractivity contribution in [3.63, 3.8) is 0 Å². The van der Waals surface area contributed by atoms with Crippen LogP contribution in [0.2, 0.25) is 0 Å². The van der Waals surface area contributed by atoms with E-state index in [2.05, 4.69) is 5.32 Å². The van der Waals surface area contributed by atoms with Gasteiger partial charge in [-0.2, -0.15) is 0 Å². The lowest BCUT2D eigenvalue weighted by Crippen LogP contribution is -2.22. The third-order valence-corrected chi connectivity index (χ3v) is 4.69. The van der Waals surface area contributed by atoms with E-state index in [1.54, 1.807) is 18.4 Å². The highest BCUT2D eigenvalue weighted by Crippen LogP contribution is 2.28. The van der Waals surface area contributed by atoms with E-state index < -0.39 is 4.92 Å². The maximum absolute atomic E-state index is 12.3. The van der Waals surface area contributed by atoms with Crippen LogP contribution in [0.15, 0.2) is 65.6 Å². The van der Waals surface area contributed by atoms with E-state index in [9.17, 15) is 14.9 Å². The van der Waals surface area contributed by atoms with Crippen LogP contribution in [0.5, 0.6) is 0 Å². The lowest BCUT2D eigenvalue weighted by Gasteiger charge is -2.08. The summed E-state index contributed by atoms with van der Waals surface area (Å²) in [5, 5.41) is 16.2. The van der Waals surface area contributed by atoms with Crippen molar-refractivity contribution in [2.24, 2.45) is 0 Å². The van der Waals surface area contributed by atoms with Gasteiger partial charge in [-0.3, -0.25) is 14.9 Å². The number of carbonyl (C=O) groups excluding carboxylic acids is 1. The molecule has 1 amide bonds. The van der Waals surface area contributed by atoms with Gasteiger partial charge in [0.2, 0.25) is 0 Å². The van der Waals surface area contributed by atoms with Gasteiger partial charge in [-0.15, -0.1) is 11.8 Å². The van der Waals surface area contributed by atoms with Crippen molar-refractivity contribution in [1.29, 1.82) is 0 Å². The Kier molecular flexibility index (Phi) is 5.00. The second kappa shape index (κ2) is 7.36. The van der Waals surface area contributed by atoms with Gasteiger partial charge in [0.05, 0.1) is 9.82 Å². The third kappa shape index (κ3) is 3.80. The van der Waals surface area contributed by atoms with Crippen molar-refractivity contribution in [3.8, 4) is 0 Å². The van der Waals surface area contributed by atoms with Crippen LogP contribution in [-0.4, -0.2) is 17.1 Å². The van der Waals surface area contributed by atoms with Crippen molar-refractivity contribution < 1.29 is 9.72 Å². The number of hydrogen-bond donors (Lipinski definition) is 1. The van der Waals surface area contributed by atoms with Crippen LogP contribution in [0.1, 0.15) is 15.9 Å². The Morgan fingerprint density at radius 2 is 1.84 bits per heavy atom. The molecule has 0 aliphatic carbocycles. The summed E-state index contributed by atoms with van der Waals surface area (Å²) < 4.78 is 0. The molecule has 3 aromatic rings. The van der Waals surface area contributed by atoms with Crippen molar-refractivity contribution in [3.05, 3.63) is 81.9 Å². The molecule has 0 saturated heterocycles. The van der Waals surface area contributed by atoms with Crippen LogP contribution < -0.4 is 5.32 Å². The number of nitro benzene ring substituents is 1. The van der Waals surface area contributed by atoms with Crippen LogP contribution in [0.4, 0.5) is 5.69 Å². The van der Waals surface area contributed by atoms with Crippen molar-refractivity contribution in [2.45, 2.75) is 11.4 Å². The Hall–Kier alpha value is -2.86. The predicted molar refractivity (Wildman–Crippen MR) is 100.0 cm³/mol. The molecule has 3 aromatic carbocycles. The summed E-state index contributed by atoms with van der Waals surface area (Å²) in [6, 6.07) is 18.5. The standard InChI is InChI=1S/C19H16N2O3S/c1-25-18-9-8-16(11-17(18)21(23)24)19(22)20-12-13-6-7-14-4-2-3-5-15(14)10-13/h2-11H,12H2,1H3,(H,20,22). The van der Waals surface area contributed by atoms with Gasteiger partial charge in [0.1, 0.15) is 0 Å². The van der Waals surface area contributed by atoms with Gasteiger partial charge >= 0.3 is 0 Å². The Labute approximate surface area is 149 Å². The van der Waals surface area contributed by atoms with E-state index in [4.69, 9.17) is 0 Å². The first-order chi connectivity index (χ1) is 12.1. The molecule has 1 N–H and O–H groups in total. The normalized spacial score (nSPS) is 10.6. The van der Waals surface area contributed by atoms with Gasteiger partial charge in [-0.1, -0.05) is 36.4 Å². The monoisotopic (exact) mass is 352 g/mol. The lowest BCUT2D eigenvalue weighted by molar-refractivity contribution is -0.387. The molecule has 0 heterocycles. The summed E-state index contributed by atoms with van der Waals surface area (Å²) in [5.41, 5.74) is 1.21. The lowest BCUT2D eigenvalue weighted by atomic mass is 10.1. The highest BCUT2D eigenvalue weighted by Gasteiger charge is 2.16. The molecule has 0 radical (unpaired) electrons. The molecule has 25 heavy (non-hydrogen) atoms. The van der Waals surface area contributed by atoms with E-state index >= 15 is 0 Å². The summed E-state index contributed by atoms with van der Waals surface area (Å²) in [7, 11) is 0. The quantitative estimate of drug-likeness (QED) is 0.420. The topological polar surface area (TPSA) is 72.2 Å². The number of amides is 1. The Balaban J connectivity index is 1.75. The van der Waals surface area contributed by atoms with E-state index in [1.807, 2.05) is 42.5 Å². The van der Waals surface area contributed by atoms with Crippen LogP contribution in [-0.2, 0) is 6.54 Å². The fourth-order valence-electron chi connectivity index (χ4n) is 2.61. The maximum atomic E-state index is 12.3. The number of hydrogen-bond acceptors (Lipinski definition) is 4. The fraction of sp³-hybridized carbons (Fsp3) is 0.105. The number of rotatable bonds is 5. The molecule has 0 bridgehead atoms. The molecule has 3 rings (SSSR count). The minimum Gasteiger partial charge on any atom is -0.348 e. The third-order valence-electron chi connectivity index (χ3n) is 3.90. The first-order valence-electron chi connectivity index (χ1n) is 7.67. The van der Waals surface area contributed by atoms with E-state index in [0.717, 1.165) is 16.3 Å². The Morgan fingerprint density at radius 1 is 1.08 bits per heavy atom. The van der Waals surface area contributed by atoms with Crippen molar-refractivity contribution >= 4 is 34.1 Å². The molecule has 0 fully saturated rings. The molecule has 5 nitrogen and oxygen atoms in total. The zero-order valence-electron chi connectivity index (χ0n) is 13.6. The Morgan fingerprint density at radius 3 is 2.56 bits per heavy atom. The molecular formula is C19H16N2O3S. The van der Waals surface area contributed by atoms with E-state index in [1.165, 1.54) is 17.8 Å². The van der Waals surface area contributed by atoms with Crippen LogP contribution in [0, 0.1) is 10.1 Å². The molecule has 0 spiro atoms. The molecule has 0 aromatic heterocycles. The zero-order valence-corrected chi connectivity index (χ0v) is 14.4. The summed E-state index contributed by atoms with van der Waals surface area (Å²) in [4.78, 5) is 23.5. The summed E-state index contributed by atoms with van der Waals surface area (Å²) in [5.74, 6) is -0.330. The summed E-state index contributed by atoms with van der Waals surface area (Å²) >= 11 is 1.28. The zero-order chi connectivity index (χ0) is 17.8. The van der Waals surface area contributed by atoms with Crippen LogP contribution in [0.3, 0.4) is 0 Å². The van der Waals surface area contributed by atoms with Gasteiger partial charge in [0.25, 0.3) is 11.6 Å². The molecule has 0 aliphatic heterocycles. The second-order valence-electron chi connectivity index (χ2n) is 5.51. The molecule has 0 saturated carbocycles. The average molecular weight is 352 g/mol. The number of fused-ring (bicyclic) bond motifs is 1. The summed E-state index contributed by atoms with van der Waals surface area (Å²) in [6.45, 7) is 0.363. The van der Waals surface area contributed by atoms with Crippen molar-refractivity contribution in [2.75, 3.05) is 6.26 Å². The number of nitrogens with zero attached hydrogens (tertiary/aromatic N) is 1. The Bertz CT molecular complexity index is 956. The molecule has 126 valence electrons. The average Bonchev–Trinajstić information content (AvgIpc) is 2.65. The summed E-state index contributed by atoms with van der Waals surface area (Å²) in [6.07, 6.45) is 1.77. The molecule has 0 aliphatic rings. The van der Waals surface area contributed by atoms with E-state index in [-0.39, 0.29) is 17.2 Å².